The van der Waals surface area contributed by atoms with Gasteiger partial charge in [0, 0.05) is 34.8 Å². The fraction of sp³-hybridized carbons (Fsp3) is 0.222. The standard InChI is InChI=1S/C18H14O6S2/c1-17(21)9-5-3-7-11(13(9)15(19)23-17)25-26-12-8-4-6-10-14(12)16(20)24-18(10,2)22/h3-8,21-22H,1-2H3. The van der Waals surface area contributed by atoms with E-state index in [1.165, 1.54) is 35.4 Å². The molecule has 2 aliphatic heterocycles. The van der Waals surface area contributed by atoms with Crippen LogP contribution in [0.1, 0.15) is 45.7 Å². The lowest BCUT2D eigenvalue weighted by Gasteiger charge is -2.15. The predicted octanol–water partition coefficient (Wildman–Crippen LogP) is 3.16. The molecule has 6 nitrogen and oxygen atoms in total. The maximum atomic E-state index is 12.1. The van der Waals surface area contributed by atoms with Crippen molar-refractivity contribution < 1.29 is 29.3 Å². The highest BCUT2D eigenvalue weighted by atomic mass is 33.1. The Bertz CT molecular complexity index is 873. The average Bonchev–Trinajstić information content (AvgIpc) is 2.95. The lowest BCUT2D eigenvalue weighted by atomic mass is 10.0. The van der Waals surface area contributed by atoms with E-state index >= 15 is 0 Å². The largest absolute Gasteiger partial charge is 0.425 e. The highest BCUT2D eigenvalue weighted by Crippen LogP contribution is 2.47. The molecule has 0 bridgehead atoms. The zero-order chi connectivity index (χ0) is 18.7. The summed E-state index contributed by atoms with van der Waals surface area (Å²) >= 11 is 0. The summed E-state index contributed by atoms with van der Waals surface area (Å²) in [4.78, 5) is 25.5. The molecule has 2 N–H and O–H groups in total. The highest BCUT2D eigenvalue weighted by molar-refractivity contribution is 8.76. The molecule has 2 heterocycles. The van der Waals surface area contributed by atoms with E-state index in [0.29, 0.717) is 32.0 Å². The molecule has 0 radical (unpaired) electrons. The maximum absolute atomic E-state index is 12.1. The Hall–Kier alpha value is -2.00. The molecule has 26 heavy (non-hydrogen) atoms. The van der Waals surface area contributed by atoms with Crippen LogP contribution in [0.25, 0.3) is 0 Å². The number of esters is 2. The number of carbonyl (C=O) groups is 2. The van der Waals surface area contributed by atoms with Crippen molar-refractivity contribution in [3.8, 4) is 0 Å². The van der Waals surface area contributed by atoms with E-state index in [4.69, 9.17) is 9.47 Å². The molecule has 0 spiro atoms. The third-order valence-corrected chi connectivity index (χ3v) is 6.71. The SMILES string of the molecule is CC1(O)OC(=O)c2c(SSc3cccc4c3C(=O)OC4(C)O)cccc21. The van der Waals surface area contributed by atoms with E-state index in [0.717, 1.165) is 0 Å². The third kappa shape index (κ3) is 2.61. The number of rotatable bonds is 3. The first kappa shape index (κ1) is 17.4. The summed E-state index contributed by atoms with van der Waals surface area (Å²) in [6.45, 7) is 2.83. The first-order valence-corrected chi connectivity index (χ1v) is 9.88. The minimum absolute atomic E-state index is 0.317. The molecule has 2 aromatic carbocycles. The number of aliphatic hydroxyl groups is 2. The number of hydrogen-bond acceptors (Lipinski definition) is 8. The number of fused-ring (bicyclic) bond motifs is 2. The van der Waals surface area contributed by atoms with E-state index < -0.39 is 23.5 Å². The molecule has 0 aromatic heterocycles. The number of benzene rings is 2. The Morgan fingerprint density at radius 3 is 1.54 bits per heavy atom. The van der Waals surface area contributed by atoms with E-state index in [2.05, 4.69) is 0 Å². The quantitative estimate of drug-likeness (QED) is 0.610. The van der Waals surface area contributed by atoms with Crippen molar-refractivity contribution in [2.24, 2.45) is 0 Å². The van der Waals surface area contributed by atoms with Crippen molar-refractivity contribution >= 4 is 33.5 Å². The van der Waals surface area contributed by atoms with E-state index in [1.807, 2.05) is 0 Å². The molecule has 134 valence electrons. The molecular formula is C18H14O6S2. The van der Waals surface area contributed by atoms with Crippen LogP contribution in [-0.2, 0) is 21.0 Å². The summed E-state index contributed by atoms with van der Waals surface area (Å²) in [6.07, 6.45) is 0. The van der Waals surface area contributed by atoms with Crippen molar-refractivity contribution in [2.45, 2.75) is 35.2 Å². The van der Waals surface area contributed by atoms with Crippen molar-refractivity contribution in [1.82, 2.24) is 0 Å². The molecule has 0 amide bonds. The fourth-order valence-electron chi connectivity index (χ4n) is 3.06. The summed E-state index contributed by atoms with van der Waals surface area (Å²) < 4.78 is 10.0. The molecule has 0 saturated heterocycles. The van der Waals surface area contributed by atoms with Gasteiger partial charge in [0.25, 0.3) is 0 Å². The van der Waals surface area contributed by atoms with Crippen LogP contribution in [0.5, 0.6) is 0 Å². The Kier molecular flexibility index (Phi) is 3.85. The smallest absolute Gasteiger partial charge is 0.342 e. The minimum atomic E-state index is -1.65. The van der Waals surface area contributed by atoms with Gasteiger partial charge in [0.2, 0.25) is 11.6 Å². The van der Waals surface area contributed by atoms with Gasteiger partial charge in [-0.2, -0.15) is 0 Å². The molecule has 0 aliphatic carbocycles. The number of ether oxygens (including phenoxy) is 2. The normalized spacial score (nSPS) is 26.3. The average molecular weight is 390 g/mol. The van der Waals surface area contributed by atoms with Crippen LogP contribution in [0, 0.1) is 0 Å². The van der Waals surface area contributed by atoms with Gasteiger partial charge in [-0.05, 0) is 12.1 Å². The second-order valence-electron chi connectivity index (χ2n) is 6.27. The van der Waals surface area contributed by atoms with Crippen molar-refractivity contribution in [1.29, 1.82) is 0 Å². The molecule has 0 fully saturated rings. The second kappa shape index (κ2) is 5.75. The first-order chi connectivity index (χ1) is 12.2. The Labute approximate surface area is 156 Å². The molecule has 8 heteroatoms. The van der Waals surface area contributed by atoms with Crippen LogP contribution in [0.2, 0.25) is 0 Å². The zero-order valence-corrected chi connectivity index (χ0v) is 15.4. The number of hydrogen-bond donors (Lipinski definition) is 2. The second-order valence-corrected chi connectivity index (χ2v) is 8.48. The summed E-state index contributed by atoms with van der Waals surface area (Å²) in [5.41, 5.74) is 1.46. The first-order valence-electron chi connectivity index (χ1n) is 7.73. The van der Waals surface area contributed by atoms with Gasteiger partial charge >= 0.3 is 11.9 Å². The van der Waals surface area contributed by atoms with Crippen molar-refractivity contribution in [3.63, 3.8) is 0 Å². The maximum Gasteiger partial charge on any atom is 0.342 e. The molecule has 0 saturated carbocycles. The molecular weight excluding hydrogens is 376 g/mol. The van der Waals surface area contributed by atoms with Gasteiger partial charge in [-0.25, -0.2) is 9.59 Å². The van der Waals surface area contributed by atoms with Gasteiger partial charge in [0.15, 0.2) is 0 Å². The monoisotopic (exact) mass is 390 g/mol. The highest BCUT2D eigenvalue weighted by Gasteiger charge is 2.43. The zero-order valence-electron chi connectivity index (χ0n) is 13.8. The third-order valence-electron chi connectivity index (χ3n) is 4.26. The molecule has 2 aromatic rings. The Morgan fingerprint density at radius 2 is 1.15 bits per heavy atom. The molecule has 2 atom stereocenters. The molecule has 2 aliphatic rings. The van der Waals surface area contributed by atoms with Crippen LogP contribution >= 0.6 is 21.6 Å². The fourth-order valence-corrected chi connectivity index (χ4v) is 5.43. The van der Waals surface area contributed by atoms with Gasteiger partial charge in [0.1, 0.15) is 0 Å². The van der Waals surface area contributed by atoms with Crippen molar-refractivity contribution in [2.75, 3.05) is 0 Å². The lowest BCUT2D eigenvalue weighted by Crippen LogP contribution is -2.20. The van der Waals surface area contributed by atoms with Crippen LogP contribution in [0.3, 0.4) is 0 Å². The lowest BCUT2D eigenvalue weighted by molar-refractivity contribution is -0.148. The van der Waals surface area contributed by atoms with E-state index in [1.54, 1.807) is 36.4 Å². The van der Waals surface area contributed by atoms with Gasteiger partial charge in [-0.3, -0.25) is 0 Å². The minimum Gasteiger partial charge on any atom is -0.425 e. The van der Waals surface area contributed by atoms with Gasteiger partial charge in [-0.15, -0.1) is 0 Å². The Morgan fingerprint density at radius 1 is 0.769 bits per heavy atom. The summed E-state index contributed by atoms with van der Waals surface area (Å²) in [5.74, 6) is -4.47. The van der Waals surface area contributed by atoms with Crippen LogP contribution < -0.4 is 0 Å². The summed E-state index contributed by atoms with van der Waals surface area (Å²) in [5, 5.41) is 20.4. The topological polar surface area (TPSA) is 93.1 Å². The predicted molar refractivity (Wildman–Crippen MR) is 94.6 cm³/mol. The van der Waals surface area contributed by atoms with Gasteiger partial charge < -0.3 is 19.7 Å². The van der Waals surface area contributed by atoms with Gasteiger partial charge in [0.05, 0.1) is 11.1 Å². The van der Waals surface area contributed by atoms with Crippen LogP contribution in [0.4, 0.5) is 0 Å². The van der Waals surface area contributed by atoms with E-state index in [-0.39, 0.29) is 0 Å². The summed E-state index contributed by atoms with van der Waals surface area (Å²) in [6, 6.07) is 10.2. The van der Waals surface area contributed by atoms with Gasteiger partial charge in [-0.1, -0.05) is 45.9 Å². The van der Waals surface area contributed by atoms with Crippen molar-refractivity contribution in [3.05, 3.63) is 58.7 Å². The number of cyclic esters (lactones) is 2. The molecule has 2 unspecified atom stereocenters. The van der Waals surface area contributed by atoms with E-state index in [9.17, 15) is 19.8 Å². The summed E-state index contributed by atoms with van der Waals surface area (Å²) in [7, 11) is 2.53. The molecule has 4 rings (SSSR count). The number of carbonyl (C=O) groups excluding carboxylic acids is 2. The Balaban J connectivity index is 1.67. The van der Waals surface area contributed by atoms with Crippen LogP contribution in [0.15, 0.2) is 46.2 Å². The van der Waals surface area contributed by atoms with Crippen LogP contribution in [-0.4, -0.2) is 22.2 Å².